The first kappa shape index (κ1) is 13.7. The van der Waals surface area contributed by atoms with Crippen molar-refractivity contribution in [1.29, 1.82) is 0 Å². The fourth-order valence-corrected chi connectivity index (χ4v) is 4.05. The average molecular weight is 313 g/mol. The Balaban J connectivity index is 1.61. The Hall–Kier alpha value is -1.22. The van der Waals surface area contributed by atoms with Crippen LogP contribution in [0.4, 0.5) is 0 Å². The van der Waals surface area contributed by atoms with Crippen LogP contribution in [0.3, 0.4) is 0 Å². The minimum atomic E-state index is -3.49. The molecule has 2 aromatic heterocycles. The summed E-state index contributed by atoms with van der Waals surface area (Å²) >= 11 is 1.29. The van der Waals surface area contributed by atoms with Crippen LogP contribution in [0.5, 0.6) is 0 Å². The molecule has 0 atom stereocenters. The monoisotopic (exact) mass is 313 g/mol. The summed E-state index contributed by atoms with van der Waals surface area (Å²) in [7, 11) is -3.49. The molecule has 0 amide bonds. The fraction of sp³-hybridized carbons (Fsp3) is 0.417. The second-order valence-electron chi connectivity index (χ2n) is 4.68. The third-order valence-corrected chi connectivity index (χ3v) is 5.95. The van der Waals surface area contributed by atoms with E-state index in [1.807, 2.05) is 6.07 Å². The lowest BCUT2D eigenvalue weighted by atomic mass is 10.4. The van der Waals surface area contributed by atoms with Crippen molar-refractivity contribution in [2.75, 3.05) is 0 Å². The number of thiophene rings is 1. The van der Waals surface area contributed by atoms with Gasteiger partial charge >= 0.3 is 0 Å². The summed E-state index contributed by atoms with van der Waals surface area (Å²) in [5, 5.41) is 6.89. The molecule has 3 rings (SSSR count). The first-order chi connectivity index (χ1) is 9.63. The number of sulfonamides is 1. The van der Waals surface area contributed by atoms with Crippen LogP contribution in [-0.2, 0) is 23.1 Å². The van der Waals surface area contributed by atoms with E-state index in [0.717, 1.165) is 11.4 Å². The summed E-state index contributed by atoms with van der Waals surface area (Å²) in [5.41, 5.74) is 0. The summed E-state index contributed by atoms with van der Waals surface area (Å²) in [6, 6.07) is 5.73. The molecule has 0 radical (unpaired) electrons. The van der Waals surface area contributed by atoms with Gasteiger partial charge in [0.2, 0.25) is 10.0 Å². The number of rotatable bonds is 7. The number of aromatic nitrogens is 1. The molecule has 0 aromatic carbocycles. The van der Waals surface area contributed by atoms with Crippen molar-refractivity contribution < 1.29 is 12.9 Å². The van der Waals surface area contributed by atoms with Crippen molar-refractivity contribution in [3.63, 3.8) is 0 Å². The second kappa shape index (κ2) is 5.65. The predicted octanol–water partition coefficient (Wildman–Crippen LogP) is 1.47. The summed E-state index contributed by atoms with van der Waals surface area (Å²) in [5.74, 6) is 0.487. The zero-order valence-electron chi connectivity index (χ0n) is 10.7. The first-order valence-electron chi connectivity index (χ1n) is 6.35. The molecule has 2 aromatic rings. The largest absolute Gasteiger partial charge is 0.360 e. The molecule has 0 bridgehead atoms. The third kappa shape index (κ3) is 3.45. The number of hydrogen-bond acceptors (Lipinski definition) is 6. The van der Waals surface area contributed by atoms with Crippen molar-refractivity contribution in [1.82, 2.24) is 15.2 Å². The Morgan fingerprint density at radius 3 is 2.85 bits per heavy atom. The van der Waals surface area contributed by atoms with E-state index in [9.17, 15) is 8.42 Å². The van der Waals surface area contributed by atoms with E-state index in [0.29, 0.717) is 16.0 Å². The highest BCUT2D eigenvalue weighted by atomic mass is 32.2. The first-order valence-corrected chi connectivity index (χ1v) is 8.65. The van der Waals surface area contributed by atoms with Gasteiger partial charge in [-0.3, -0.25) is 0 Å². The van der Waals surface area contributed by atoms with Crippen LogP contribution >= 0.6 is 11.3 Å². The topological polar surface area (TPSA) is 84.2 Å². The summed E-state index contributed by atoms with van der Waals surface area (Å²) in [6.45, 7) is 0.836. The Bertz CT molecular complexity index is 660. The van der Waals surface area contributed by atoms with E-state index in [4.69, 9.17) is 4.52 Å². The molecule has 1 aliphatic carbocycles. The summed E-state index contributed by atoms with van der Waals surface area (Å²) < 4.78 is 31.9. The number of nitrogens with zero attached hydrogens (tertiary/aromatic N) is 1. The van der Waals surface area contributed by atoms with Gasteiger partial charge in [-0.25, -0.2) is 13.1 Å². The van der Waals surface area contributed by atoms with Gasteiger partial charge in [-0.2, -0.15) is 0 Å². The van der Waals surface area contributed by atoms with Gasteiger partial charge in [-0.15, -0.1) is 11.3 Å². The molecule has 0 unspecified atom stereocenters. The highest BCUT2D eigenvalue weighted by Gasteiger charge is 2.21. The molecule has 0 aliphatic heterocycles. The normalized spacial score (nSPS) is 15.6. The zero-order chi connectivity index (χ0) is 14.0. The molecule has 1 aliphatic rings. The Morgan fingerprint density at radius 1 is 1.30 bits per heavy atom. The molecule has 8 heteroatoms. The molecule has 0 spiro atoms. The zero-order valence-corrected chi connectivity index (χ0v) is 12.3. The van der Waals surface area contributed by atoms with Gasteiger partial charge < -0.3 is 9.84 Å². The SMILES string of the molecule is O=S(=O)(NCc1ccno1)c1ccc(CNC2CC2)s1. The van der Waals surface area contributed by atoms with E-state index in [1.165, 1.54) is 30.4 Å². The van der Waals surface area contributed by atoms with Crippen LogP contribution in [-0.4, -0.2) is 19.6 Å². The smallest absolute Gasteiger partial charge is 0.250 e. The molecule has 108 valence electrons. The van der Waals surface area contributed by atoms with Crippen molar-refractivity contribution in [3.8, 4) is 0 Å². The Labute approximate surface area is 121 Å². The van der Waals surface area contributed by atoms with Gasteiger partial charge in [-0.05, 0) is 25.0 Å². The maximum Gasteiger partial charge on any atom is 0.250 e. The van der Waals surface area contributed by atoms with Gasteiger partial charge in [0.05, 0.1) is 12.7 Å². The van der Waals surface area contributed by atoms with E-state index >= 15 is 0 Å². The van der Waals surface area contributed by atoms with E-state index in [-0.39, 0.29) is 6.54 Å². The minimum absolute atomic E-state index is 0.107. The Morgan fingerprint density at radius 2 is 2.15 bits per heavy atom. The van der Waals surface area contributed by atoms with E-state index in [2.05, 4.69) is 15.2 Å². The number of nitrogens with one attached hydrogen (secondary N) is 2. The summed E-state index contributed by atoms with van der Waals surface area (Å²) in [6.07, 6.45) is 3.92. The van der Waals surface area contributed by atoms with Crippen LogP contribution in [0, 0.1) is 0 Å². The molecule has 2 heterocycles. The molecular formula is C12H15N3O3S2. The van der Waals surface area contributed by atoms with Crippen LogP contribution < -0.4 is 10.0 Å². The quantitative estimate of drug-likeness (QED) is 0.808. The number of hydrogen-bond donors (Lipinski definition) is 2. The van der Waals surface area contributed by atoms with E-state index in [1.54, 1.807) is 12.1 Å². The van der Waals surface area contributed by atoms with Crippen molar-refractivity contribution in [2.45, 2.75) is 36.2 Å². The van der Waals surface area contributed by atoms with Crippen LogP contribution in [0.1, 0.15) is 23.5 Å². The van der Waals surface area contributed by atoms with Crippen molar-refractivity contribution in [3.05, 3.63) is 35.0 Å². The van der Waals surface area contributed by atoms with Gasteiger partial charge in [-0.1, -0.05) is 5.16 Å². The lowest BCUT2D eigenvalue weighted by molar-refractivity contribution is 0.380. The lowest BCUT2D eigenvalue weighted by Crippen LogP contribution is -2.22. The fourth-order valence-electron chi connectivity index (χ4n) is 1.70. The van der Waals surface area contributed by atoms with Crippen molar-refractivity contribution >= 4 is 21.4 Å². The molecule has 0 saturated heterocycles. The standard InChI is InChI=1S/C12H15N3O3S2/c16-20(17,15-7-10-5-6-14-18-10)12-4-3-11(19-12)8-13-9-1-2-9/h3-6,9,13,15H,1-2,7-8H2. The molecular weight excluding hydrogens is 298 g/mol. The average Bonchev–Trinajstić information content (AvgIpc) is 2.94. The molecule has 1 saturated carbocycles. The van der Waals surface area contributed by atoms with Gasteiger partial charge in [0, 0.05) is 23.5 Å². The lowest BCUT2D eigenvalue weighted by Gasteiger charge is -2.02. The van der Waals surface area contributed by atoms with Crippen molar-refractivity contribution in [2.24, 2.45) is 0 Å². The maximum atomic E-state index is 12.1. The third-order valence-electron chi connectivity index (χ3n) is 2.97. The van der Waals surface area contributed by atoms with Gasteiger partial charge in [0.1, 0.15) is 4.21 Å². The highest BCUT2D eigenvalue weighted by molar-refractivity contribution is 7.91. The minimum Gasteiger partial charge on any atom is -0.360 e. The van der Waals surface area contributed by atoms with E-state index < -0.39 is 10.0 Å². The second-order valence-corrected chi connectivity index (χ2v) is 7.84. The predicted molar refractivity (Wildman–Crippen MR) is 74.7 cm³/mol. The highest BCUT2D eigenvalue weighted by Crippen LogP contribution is 2.24. The molecule has 20 heavy (non-hydrogen) atoms. The van der Waals surface area contributed by atoms with Crippen LogP contribution in [0.15, 0.2) is 33.1 Å². The maximum absolute atomic E-state index is 12.1. The molecule has 2 N–H and O–H groups in total. The Kier molecular flexibility index (Phi) is 3.88. The van der Waals surface area contributed by atoms with Crippen LogP contribution in [0.25, 0.3) is 0 Å². The van der Waals surface area contributed by atoms with Crippen LogP contribution in [0.2, 0.25) is 0 Å². The van der Waals surface area contributed by atoms with Gasteiger partial charge in [0.15, 0.2) is 5.76 Å². The molecule has 1 fully saturated rings. The molecule has 6 nitrogen and oxygen atoms in total. The van der Waals surface area contributed by atoms with Gasteiger partial charge in [0.25, 0.3) is 0 Å². The summed E-state index contributed by atoms with van der Waals surface area (Å²) in [4.78, 5) is 1.02.